The van der Waals surface area contributed by atoms with E-state index in [0.717, 1.165) is 30.9 Å². The second kappa shape index (κ2) is 6.23. The maximum absolute atomic E-state index is 10.3. The third-order valence-electron chi connectivity index (χ3n) is 3.28. The minimum absolute atomic E-state index is 0.404. The van der Waals surface area contributed by atoms with Crippen LogP contribution >= 0.6 is 23.1 Å². The third kappa shape index (κ3) is 3.71. The van der Waals surface area contributed by atoms with E-state index in [-0.39, 0.29) is 0 Å². The predicted molar refractivity (Wildman–Crippen MR) is 76.9 cm³/mol. The number of hydrogen-bond acceptors (Lipinski definition) is 4. The molecule has 0 amide bonds. The maximum Gasteiger partial charge on any atom is 0.0869 e. The highest BCUT2D eigenvalue weighted by atomic mass is 32.2. The van der Waals surface area contributed by atoms with Crippen LogP contribution in [0.1, 0.15) is 37.8 Å². The molecule has 1 aromatic rings. The molecule has 1 aromatic heterocycles. The van der Waals surface area contributed by atoms with Crippen LogP contribution in [0.4, 0.5) is 0 Å². The van der Waals surface area contributed by atoms with Crippen molar-refractivity contribution in [3.63, 3.8) is 0 Å². The molecule has 0 saturated carbocycles. The van der Waals surface area contributed by atoms with Gasteiger partial charge in [-0.15, -0.1) is 0 Å². The Labute approximate surface area is 112 Å². The molecule has 1 saturated heterocycles. The van der Waals surface area contributed by atoms with Crippen molar-refractivity contribution in [3.05, 3.63) is 22.4 Å². The highest BCUT2D eigenvalue weighted by Crippen LogP contribution is 2.28. The summed E-state index contributed by atoms with van der Waals surface area (Å²) in [5, 5.41) is 18.2. The summed E-state index contributed by atoms with van der Waals surface area (Å²) in [6.45, 7) is 2.93. The number of hydrogen-bond donors (Lipinski definition) is 2. The molecule has 2 heterocycles. The quantitative estimate of drug-likeness (QED) is 0.834. The Morgan fingerprint density at radius 2 is 2.47 bits per heavy atom. The van der Waals surface area contributed by atoms with Gasteiger partial charge in [0.1, 0.15) is 0 Å². The van der Waals surface area contributed by atoms with Crippen molar-refractivity contribution in [2.24, 2.45) is 0 Å². The van der Waals surface area contributed by atoms with Crippen molar-refractivity contribution in [3.8, 4) is 0 Å². The number of thioether (sulfide) groups is 1. The van der Waals surface area contributed by atoms with Crippen LogP contribution in [0.2, 0.25) is 0 Å². The van der Waals surface area contributed by atoms with Crippen LogP contribution in [0.25, 0.3) is 0 Å². The fourth-order valence-electron chi connectivity index (χ4n) is 2.20. The van der Waals surface area contributed by atoms with Crippen LogP contribution in [0.15, 0.2) is 16.8 Å². The first-order chi connectivity index (χ1) is 8.23. The Morgan fingerprint density at radius 3 is 3.06 bits per heavy atom. The summed E-state index contributed by atoms with van der Waals surface area (Å²) in [5.41, 5.74) is 0.887. The van der Waals surface area contributed by atoms with Gasteiger partial charge >= 0.3 is 0 Å². The van der Waals surface area contributed by atoms with E-state index in [1.165, 1.54) is 12.0 Å². The molecular weight excluding hydrogens is 250 g/mol. The lowest BCUT2D eigenvalue weighted by molar-refractivity contribution is 0.0641. The largest absolute Gasteiger partial charge is 0.388 e. The fraction of sp³-hybridized carbons (Fsp3) is 0.692. The van der Waals surface area contributed by atoms with Crippen LogP contribution in [0, 0.1) is 0 Å². The van der Waals surface area contributed by atoms with Crippen LogP contribution in [0.3, 0.4) is 0 Å². The number of nitrogens with one attached hydrogen (secondary N) is 1. The highest BCUT2D eigenvalue weighted by molar-refractivity contribution is 7.99. The first-order valence-corrected chi connectivity index (χ1v) is 8.39. The van der Waals surface area contributed by atoms with Crippen molar-refractivity contribution in [1.29, 1.82) is 0 Å². The van der Waals surface area contributed by atoms with Gasteiger partial charge in [-0.2, -0.15) is 23.1 Å². The summed E-state index contributed by atoms with van der Waals surface area (Å²) >= 11 is 3.60. The van der Waals surface area contributed by atoms with Crippen molar-refractivity contribution in [1.82, 2.24) is 5.32 Å². The Kier molecular flexibility index (Phi) is 4.91. The van der Waals surface area contributed by atoms with E-state index in [9.17, 15) is 5.11 Å². The normalized spacial score (nSPS) is 26.2. The van der Waals surface area contributed by atoms with Crippen molar-refractivity contribution < 1.29 is 5.11 Å². The second-order valence-electron chi connectivity index (χ2n) is 4.81. The van der Waals surface area contributed by atoms with E-state index in [2.05, 4.69) is 29.1 Å². The molecule has 0 aromatic carbocycles. The zero-order valence-electron chi connectivity index (χ0n) is 10.3. The van der Waals surface area contributed by atoms with Gasteiger partial charge in [-0.1, -0.05) is 13.3 Å². The molecular formula is C13H21NOS2. The molecule has 4 heteroatoms. The smallest absolute Gasteiger partial charge is 0.0869 e. The summed E-state index contributed by atoms with van der Waals surface area (Å²) < 4.78 is 0. The van der Waals surface area contributed by atoms with Crippen molar-refractivity contribution in [2.45, 2.75) is 37.8 Å². The van der Waals surface area contributed by atoms with Crippen LogP contribution in [-0.4, -0.2) is 28.8 Å². The molecule has 2 unspecified atom stereocenters. The lowest BCUT2D eigenvalue weighted by atomic mass is 10.0. The first-order valence-electron chi connectivity index (χ1n) is 6.29. The third-order valence-corrected chi connectivity index (χ3v) is 5.22. The summed E-state index contributed by atoms with van der Waals surface area (Å²) in [6.07, 6.45) is 3.23. The van der Waals surface area contributed by atoms with Gasteiger partial charge in [-0.05, 0) is 41.0 Å². The molecule has 1 fully saturated rings. The lowest BCUT2D eigenvalue weighted by Gasteiger charge is -2.26. The molecule has 17 heavy (non-hydrogen) atoms. The summed E-state index contributed by atoms with van der Waals surface area (Å²) in [4.78, 5) is 0. The summed E-state index contributed by atoms with van der Waals surface area (Å²) in [6, 6.07) is 2.59. The minimum atomic E-state index is -0.479. The molecule has 1 aliphatic rings. The Hall–Kier alpha value is -0.0300. The van der Waals surface area contributed by atoms with Crippen LogP contribution in [-0.2, 0) is 0 Å². The average Bonchev–Trinajstić information content (AvgIpc) is 2.96. The standard InChI is InChI=1S/C13H21NOS2/c1-2-3-12(11-4-6-16-8-11)14-9-13(15)5-7-17-10-13/h4,6,8,12,14-15H,2-3,5,7,9-10H2,1H3. The van der Waals surface area contributed by atoms with Gasteiger partial charge in [0.15, 0.2) is 0 Å². The Morgan fingerprint density at radius 1 is 1.59 bits per heavy atom. The maximum atomic E-state index is 10.3. The minimum Gasteiger partial charge on any atom is -0.388 e. The van der Waals surface area contributed by atoms with Gasteiger partial charge in [0.25, 0.3) is 0 Å². The van der Waals surface area contributed by atoms with Gasteiger partial charge in [-0.25, -0.2) is 0 Å². The molecule has 1 aliphatic heterocycles. The number of aliphatic hydroxyl groups is 1. The predicted octanol–water partition coefficient (Wildman–Crippen LogP) is 3.05. The highest BCUT2D eigenvalue weighted by Gasteiger charge is 2.32. The summed E-state index contributed by atoms with van der Waals surface area (Å²) in [5.74, 6) is 1.97. The molecule has 2 N–H and O–H groups in total. The van der Waals surface area contributed by atoms with Gasteiger partial charge in [-0.3, -0.25) is 0 Å². The fourth-order valence-corrected chi connectivity index (χ4v) is 4.21. The molecule has 2 rings (SSSR count). The van der Waals surface area contributed by atoms with Crippen LogP contribution in [0.5, 0.6) is 0 Å². The zero-order valence-corrected chi connectivity index (χ0v) is 11.9. The van der Waals surface area contributed by atoms with E-state index in [4.69, 9.17) is 0 Å². The van der Waals surface area contributed by atoms with Crippen LogP contribution < -0.4 is 5.32 Å². The van der Waals surface area contributed by atoms with Gasteiger partial charge in [0.05, 0.1) is 5.60 Å². The lowest BCUT2D eigenvalue weighted by Crippen LogP contribution is -2.41. The molecule has 0 aliphatic carbocycles. The monoisotopic (exact) mass is 271 g/mol. The Bertz CT molecular complexity index is 320. The molecule has 0 bridgehead atoms. The van der Waals surface area contributed by atoms with Crippen molar-refractivity contribution >= 4 is 23.1 Å². The molecule has 0 radical (unpaired) electrons. The number of rotatable bonds is 6. The van der Waals surface area contributed by atoms with E-state index in [0.29, 0.717) is 6.04 Å². The van der Waals surface area contributed by atoms with Gasteiger partial charge in [0, 0.05) is 18.3 Å². The average molecular weight is 271 g/mol. The molecule has 96 valence electrons. The van der Waals surface area contributed by atoms with E-state index < -0.39 is 5.60 Å². The van der Waals surface area contributed by atoms with Gasteiger partial charge in [0.2, 0.25) is 0 Å². The first kappa shape index (κ1) is 13.4. The second-order valence-corrected chi connectivity index (χ2v) is 6.69. The van der Waals surface area contributed by atoms with Gasteiger partial charge < -0.3 is 10.4 Å². The SMILES string of the molecule is CCCC(NCC1(O)CCSC1)c1ccsc1. The topological polar surface area (TPSA) is 32.3 Å². The van der Waals surface area contributed by atoms with E-state index in [1.54, 1.807) is 11.3 Å². The van der Waals surface area contributed by atoms with E-state index >= 15 is 0 Å². The summed E-state index contributed by atoms with van der Waals surface area (Å²) in [7, 11) is 0. The number of thiophene rings is 1. The zero-order chi connectivity index (χ0) is 12.1. The molecule has 2 nitrogen and oxygen atoms in total. The van der Waals surface area contributed by atoms with Crippen molar-refractivity contribution in [2.75, 3.05) is 18.1 Å². The van der Waals surface area contributed by atoms with E-state index in [1.807, 2.05) is 11.8 Å². The Balaban J connectivity index is 1.89. The molecule has 2 atom stereocenters. The molecule has 0 spiro atoms.